The van der Waals surface area contributed by atoms with Gasteiger partial charge in [0, 0.05) is 24.0 Å². The molecule has 0 N–H and O–H groups in total. The smallest absolute Gasteiger partial charge is 0.406 e. The summed E-state index contributed by atoms with van der Waals surface area (Å²) < 4.78 is 66.8. The van der Waals surface area contributed by atoms with Crippen LogP contribution in [0.2, 0.25) is 0 Å². The molecule has 4 rings (SSSR count). The standard InChI is InChI=1S/C24H25F3N2O3S2/c1-2-3-17-4-6-18(7-5-17)22-16-33-23(28-22)29-14-12-21(13-15-29)34(30,31)20-10-8-19(9-11-20)32-24(25,26)27/h4-11,16,21H,2-3,12-15H2,1H3. The molecule has 0 atom stereocenters. The summed E-state index contributed by atoms with van der Waals surface area (Å²) in [7, 11) is -3.66. The van der Waals surface area contributed by atoms with Crippen LogP contribution in [0.15, 0.2) is 58.8 Å². The number of thiazole rings is 1. The highest BCUT2D eigenvalue weighted by Crippen LogP contribution is 2.32. The summed E-state index contributed by atoms with van der Waals surface area (Å²) in [6, 6.07) is 12.8. The van der Waals surface area contributed by atoms with Crippen LogP contribution in [0, 0.1) is 0 Å². The number of halogens is 3. The lowest BCUT2D eigenvalue weighted by molar-refractivity contribution is -0.274. The minimum Gasteiger partial charge on any atom is -0.406 e. The SMILES string of the molecule is CCCc1ccc(-c2csc(N3CCC(S(=O)(=O)c4ccc(OC(F)(F)F)cc4)CC3)n2)cc1. The zero-order chi connectivity index (χ0) is 24.3. The van der Waals surface area contributed by atoms with Gasteiger partial charge in [-0.3, -0.25) is 0 Å². The van der Waals surface area contributed by atoms with E-state index in [2.05, 4.69) is 40.8 Å². The molecule has 1 saturated heterocycles. The van der Waals surface area contributed by atoms with E-state index in [4.69, 9.17) is 4.98 Å². The molecule has 1 fully saturated rings. The van der Waals surface area contributed by atoms with Gasteiger partial charge in [-0.25, -0.2) is 13.4 Å². The monoisotopic (exact) mass is 510 g/mol. The van der Waals surface area contributed by atoms with Crippen LogP contribution in [0.25, 0.3) is 11.3 Å². The van der Waals surface area contributed by atoms with Crippen molar-refractivity contribution >= 4 is 26.3 Å². The average Bonchev–Trinajstić information content (AvgIpc) is 3.30. The molecule has 182 valence electrons. The molecule has 10 heteroatoms. The third-order valence-corrected chi connectivity index (χ3v) is 9.00. The predicted octanol–water partition coefficient (Wildman–Crippen LogP) is 6.10. The van der Waals surface area contributed by atoms with Gasteiger partial charge in [-0.05, 0) is 49.1 Å². The van der Waals surface area contributed by atoms with Crippen molar-refractivity contribution in [2.75, 3.05) is 18.0 Å². The third-order valence-electron chi connectivity index (χ3n) is 5.82. The molecule has 0 spiro atoms. The van der Waals surface area contributed by atoms with Crippen molar-refractivity contribution in [3.05, 3.63) is 59.5 Å². The zero-order valence-corrected chi connectivity index (χ0v) is 20.2. The first-order valence-electron chi connectivity index (χ1n) is 11.1. The van der Waals surface area contributed by atoms with E-state index >= 15 is 0 Å². The molecule has 0 amide bonds. The fourth-order valence-electron chi connectivity index (χ4n) is 4.05. The van der Waals surface area contributed by atoms with Gasteiger partial charge in [-0.15, -0.1) is 24.5 Å². The van der Waals surface area contributed by atoms with Gasteiger partial charge in [-0.2, -0.15) is 0 Å². The molecule has 1 aliphatic rings. The van der Waals surface area contributed by atoms with E-state index in [9.17, 15) is 21.6 Å². The Balaban J connectivity index is 1.38. The molecule has 0 aliphatic carbocycles. The summed E-state index contributed by atoms with van der Waals surface area (Å²) in [5, 5.41) is 2.28. The second-order valence-corrected chi connectivity index (χ2v) is 11.3. The van der Waals surface area contributed by atoms with E-state index in [-0.39, 0.29) is 4.90 Å². The molecule has 1 aromatic heterocycles. The first-order chi connectivity index (χ1) is 16.2. The van der Waals surface area contributed by atoms with Crippen molar-refractivity contribution < 1.29 is 26.3 Å². The number of piperidine rings is 1. The van der Waals surface area contributed by atoms with Crippen LogP contribution in [0.5, 0.6) is 5.75 Å². The number of alkyl halides is 3. The van der Waals surface area contributed by atoms with E-state index < -0.39 is 27.2 Å². The number of aromatic nitrogens is 1. The molecule has 0 bridgehead atoms. The first kappa shape index (κ1) is 24.5. The highest BCUT2D eigenvalue weighted by Gasteiger charge is 2.33. The minimum atomic E-state index is -4.82. The molecule has 3 aromatic rings. The van der Waals surface area contributed by atoms with Crippen LogP contribution >= 0.6 is 11.3 Å². The highest BCUT2D eigenvalue weighted by atomic mass is 32.2. The van der Waals surface area contributed by atoms with Crippen LogP contribution in [0.4, 0.5) is 18.3 Å². The Morgan fingerprint density at radius 1 is 1.06 bits per heavy atom. The van der Waals surface area contributed by atoms with E-state index in [1.165, 1.54) is 29.0 Å². The Morgan fingerprint density at radius 2 is 1.71 bits per heavy atom. The molecule has 5 nitrogen and oxygen atoms in total. The van der Waals surface area contributed by atoms with Crippen LogP contribution < -0.4 is 9.64 Å². The van der Waals surface area contributed by atoms with Crippen molar-refractivity contribution in [1.29, 1.82) is 0 Å². The fraction of sp³-hybridized carbons (Fsp3) is 0.375. The number of nitrogens with zero attached hydrogens (tertiary/aromatic N) is 2. The Labute approximate surface area is 201 Å². The van der Waals surface area contributed by atoms with Gasteiger partial charge in [0.15, 0.2) is 15.0 Å². The molecular formula is C24H25F3N2O3S2. The zero-order valence-electron chi connectivity index (χ0n) is 18.6. The normalized spacial score (nSPS) is 15.5. The molecular weight excluding hydrogens is 485 g/mol. The van der Waals surface area contributed by atoms with Gasteiger partial charge >= 0.3 is 6.36 Å². The molecule has 1 aliphatic heterocycles. The minimum absolute atomic E-state index is 0.00327. The van der Waals surface area contributed by atoms with E-state index in [1.807, 2.05) is 5.38 Å². The maximum Gasteiger partial charge on any atom is 0.573 e. The summed E-state index contributed by atoms with van der Waals surface area (Å²) in [5.74, 6) is -0.444. The molecule has 2 aromatic carbocycles. The number of rotatable bonds is 7. The van der Waals surface area contributed by atoms with Crippen LogP contribution in [0.3, 0.4) is 0 Å². The van der Waals surface area contributed by atoms with E-state index in [0.29, 0.717) is 25.9 Å². The van der Waals surface area contributed by atoms with Crippen LogP contribution in [-0.4, -0.2) is 38.1 Å². The van der Waals surface area contributed by atoms with Crippen molar-refractivity contribution in [3.63, 3.8) is 0 Å². The highest BCUT2D eigenvalue weighted by molar-refractivity contribution is 7.92. The van der Waals surface area contributed by atoms with Crippen LogP contribution in [0.1, 0.15) is 31.7 Å². The molecule has 34 heavy (non-hydrogen) atoms. The Bertz CT molecular complexity index is 1200. The summed E-state index contributed by atoms with van der Waals surface area (Å²) in [6.45, 7) is 3.24. The fourth-order valence-corrected chi connectivity index (χ4v) is 6.67. The van der Waals surface area contributed by atoms with Crippen molar-refractivity contribution in [3.8, 4) is 17.0 Å². The summed E-state index contributed by atoms with van der Waals surface area (Å²) in [4.78, 5) is 6.85. The molecule has 2 heterocycles. The van der Waals surface area contributed by atoms with Gasteiger partial charge in [0.05, 0.1) is 15.8 Å². The second kappa shape index (κ2) is 9.95. The number of anilines is 1. The molecule has 0 saturated carbocycles. The average molecular weight is 511 g/mol. The van der Waals surface area contributed by atoms with Gasteiger partial charge in [0.2, 0.25) is 0 Å². The van der Waals surface area contributed by atoms with Crippen LogP contribution in [-0.2, 0) is 16.3 Å². The van der Waals surface area contributed by atoms with Crippen molar-refractivity contribution in [2.45, 2.75) is 49.1 Å². The molecule has 0 unspecified atom stereocenters. The Morgan fingerprint density at radius 3 is 2.29 bits per heavy atom. The lowest BCUT2D eigenvalue weighted by atomic mass is 10.1. The van der Waals surface area contributed by atoms with Gasteiger partial charge in [0.1, 0.15) is 5.75 Å². The van der Waals surface area contributed by atoms with Gasteiger partial charge in [0.25, 0.3) is 0 Å². The summed E-state index contributed by atoms with van der Waals surface area (Å²) >= 11 is 1.54. The van der Waals surface area contributed by atoms with Gasteiger partial charge < -0.3 is 9.64 Å². The van der Waals surface area contributed by atoms with E-state index in [1.54, 1.807) is 0 Å². The van der Waals surface area contributed by atoms with E-state index in [0.717, 1.165) is 41.4 Å². The quantitative estimate of drug-likeness (QED) is 0.384. The number of benzene rings is 2. The van der Waals surface area contributed by atoms with Crippen molar-refractivity contribution in [2.24, 2.45) is 0 Å². The summed E-state index contributed by atoms with van der Waals surface area (Å²) in [5.41, 5.74) is 3.25. The topological polar surface area (TPSA) is 59.5 Å². The number of ether oxygens (including phenoxy) is 1. The van der Waals surface area contributed by atoms with Crippen molar-refractivity contribution in [1.82, 2.24) is 4.98 Å². The molecule has 0 radical (unpaired) electrons. The second-order valence-electron chi connectivity index (χ2n) is 8.21. The number of aryl methyl sites for hydroxylation is 1. The largest absolute Gasteiger partial charge is 0.573 e. The Hall–Kier alpha value is -2.59. The lowest BCUT2D eigenvalue weighted by Crippen LogP contribution is -2.39. The summed E-state index contributed by atoms with van der Waals surface area (Å²) in [6.07, 6.45) is -1.83. The maximum atomic E-state index is 13.0. The first-order valence-corrected chi connectivity index (χ1v) is 13.5. The lowest BCUT2D eigenvalue weighted by Gasteiger charge is -2.31. The predicted molar refractivity (Wildman–Crippen MR) is 127 cm³/mol. The number of hydrogen-bond donors (Lipinski definition) is 0. The van der Waals surface area contributed by atoms with Gasteiger partial charge in [-0.1, -0.05) is 37.6 Å². The maximum absolute atomic E-state index is 13.0. The third kappa shape index (κ3) is 5.72. The number of sulfone groups is 1. The number of hydrogen-bond acceptors (Lipinski definition) is 6. The Kier molecular flexibility index (Phi) is 7.18.